The van der Waals surface area contributed by atoms with E-state index in [4.69, 9.17) is 4.74 Å². The molecule has 1 amide bonds. The zero-order valence-electron chi connectivity index (χ0n) is 21.9. The van der Waals surface area contributed by atoms with Crippen LogP contribution in [0.4, 0.5) is 0 Å². The average Bonchev–Trinajstić information content (AvgIpc) is 3.14. The number of amides is 1. The SMILES string of the molecule is CCCCOc1ccc(/C(O)=C2\C(=O)C(=O)N(Cc3cccnc3)C2c2ccc(C(C)(C)C)cc2)cc1. The van der Waals surface area contributed by atoms with E-state index in [1.54, 1.807) is 42.7 Å². The van der Waals surface area contributed by atoms with Crippen molar-refractivity contribution in [2.24, 2.45) is 0 Å². The van der Waals surface area contributed by atoms with Gasteiger partial charge in [-0.05, 0) is 58.9 Å². The van der Waals surface area contributed by atoms with Crippen molar-refractivity contribution in [3.63, 3.8) is 0 Å². The number of carbonyl (C=O) groups excluding carboxylic acids is 2. The van der Waals surface area contributed by atoms with Gasteiger partial charge in [0.2, 0.25) is 0 Å². The van der Waals surface area contributed by atoms with Crippen molar-refractivity contribution in [2.45, 2.75) is 58.5 Å². The molecular weight excluding hydrogens is 464 g/mol. The molecule has 0 saturated carbocycles. The van der Waals surface area contributed by atoms with Crippen LogP contribution in [0.5, 0.6) is 5.75 Å². The summed E-state index contributed by atoms with van der Waals surface area (Å²) >= 11 is 0. The van der Waals surface area contributed by atoms with Gasteiger partial charge in [-0.3, -0.25) is 14.6 Å². The van der Waals surface area contributed by atoms with Crippen molar-refractivity contribution in [2.75, 3.05) is 6.61 Å². The third-order valence-corrected chi connectivity index (χ3v) is 6.60. The number of unbranched alkanes of at least 4 members (excludes halogenated alkanes) is 1. The molecule has 6 nitrogen and oxygen atoms in total. The maximum Gasteiger partial charge on any atom is 0.295 e. The number of rotatable bonds is 8. The van der Waals surface area contributed by atoms with E-state index < -0.39 is 17.7 Å². The van der Waals surface area contributed by atoms with Gasteiger partial charge in [0.05, 0.1) is 18.2 Å². The molecule has 0 aliphatic carbocycles. The quantitative estimate of drug-likeness (QED) is 0.174. The standard InChI is InChI=1S/C31H34N2O4/c1-5-6-18-37-25-15-11-23(12-16-25)28(34)26-27(22-9-13-24(14-10-22)31(2,3)4)33(30(36)29(26)35)20-21-8-7-17-32-19-21/h7-17,19,27,34H,5-6,18,20H2,1-4H3/b28-26+. The van der Waals surface area contributed by atoms with E-state index in [0.717, 1.165) is 29.5 Å². The Hall–Kier alpha value is -3.93. The number of pyridine rings is 1. The fourth-order valence-electron chi connectivity index (χ4n) is 4.44. The Kier molecular flexibility index (Phi) is 7.77. The highest BCUT2D eigenvalue weighted by Crippen LogP contribution is 2.41. The maximum absolute atomic E-state index is 13.3. The molecule has 1 N–H and O–H groups in total. The largest absolute Gasteiger partial charge is 0.507 e. The molecule has 1 aromatic heterocycles. The molecule has 2 aromatic carbocycles. The summed E-state index contributed by atoms with van der Waals surface area (Å²) in [7, 11) is 0. The summed E-state index contributed by atoms with van der Waals surface area (Å²) in [4.78, 5) is 32.2. The topological polar surface area (TPSA) is 79.7 Å². The first-order chi connectivity index (χ1) is 17.7. The van der Waals surface area contributed by atoms with Crippen LogP contribution in [-0.4, -0.2) is 33.3 Å². The van der Waals surface area contributed by atoms with Gasteiger partial charge in [-0.25, -0.2) is 0 Å². The van der Waals surface area contributed by atoms with Crippen LogP contribution in [0, 0.1) is 0 Å². The van der Waals surface area contributed by atoms with Crippen molar-refractivity contribution in [3.8, 4) is 5.75 Å². The second-order valence-corrected chi connectivity index (χ2v) is 10.4. The molecular formula is C31H34N2O4. The Balaban J connectivity index is 1.76. The number of aliphatic hydroxyl groups excluding tert-OH is 1. The number of aromatic nitrogens is 1. The Morgan fingerprint density at radius 2 is 1.73 bits per heavy atom. The number of ketones is 1. The van der Waals surface area contributed by atoms with E-state index in [9.17, 15) is 14.7 Å². The van der Waals surface area contributed by atoms with Crippen LogP contribution in [0.1, 0.15) is 68.8 Å². The first-order valence-corrected chi connectivity index (χ1v) is 12.7. The molecule has 0 bridgehead atoms. The van der Waals surface area contributed by atoms with E-state index in [-0.39, 0.29) is 23.3 Å². The molecule has 37 heavy (non-hydrogen) atoms. The van der Waals surface area contributed by atoms with Gasteiger partial charge in [-0.1, -0.05) is 64.4 Å². The van der Waals surface area contributed by atoms with Crippen LogP contribution in [0.2, 0.25) is 0 Å². The minimum Gasteiger partial charge on any atom is -0.507 e. The second kappa shape index (κ2) is 11.0. The number of likely N-dealkylation sites (tertiary alicyclic amines) is 1. The van der Waals surface area contributed by atoms with Gasteiger partial charge < -0.3 is 14.7 Å². The average molecular weight is 499 g/mol. The van der Waals surface area contributed by atoms with Gasteiger partial charge in [0.1, 0.15) is 11.5 Å². The van der Waals surface area contributed by atoms with E-state index >= 15 is 0 Å². The van der Waals surface area contributed by atoms with Gasteiger partial charge >= 0.3 is 0 Å². The summed E-state index contributed by atoms with van der Waals surface area (Å²) in [5.41, 5.74) is 3.19. The number of benzene rings is 2. The molecule has 0 spiro atoms. The monoisotopic (exact) mass is 498 g/mol. The van der Waals surface area contributed by atoms with Crippen LogP contribution in [0.3, 0.4) is 0 Å². The second-order valence-electron chi connectivity index (χ2n) is 10.4. The highest BCUT2D eigenvalue weighted by Gasteiger charge is 2.46. The third-order valence-electron chi connectivity index (χ3n) is 6.60. The highest BCUT2D eigenvalue weighted by molar-refractivity contribution is 6.46. The summed E-state index contributed by atoms with van der Waals surface area (Å²) in [5.74, 6) is -0.849. The zero-order valence-corrected chi connectivity index (χ0v) is 21.9. The highest BCUT2D eigenvalue weighted by atomic mass is 16.5. The lowest BCUT2D eigenvalue weighted by Crippen LogP contribution is -2.29. The summed E-state index contributed by atoms with van der Waals surface area (Å²) in [6.07, 6.45) is 5.33. The fourth-order valence-corrected chi connectivity index (χ4v) is 4.44. The molecule has 0 radical (unpaired) electrons. The predicted molar refractivity (Wildman–Crippen MR) is 144 cm³/mol. The van der Waals surface area contributed by atoms with Crippen LogP contribution in [0.15, 0.2) is 78.6 Å². The molecule has 1 atom stereocenters. The van der Waals surface area contributed by atoms with Crippen LogP contribution >= 0.6 is 0 Å². The molecule has 4 rings (SSSR count). The lowest BCUT2D eigenvalue weighted by Gasteiger charge is -2.26. The number of aliphatic hydroxyl groups is 1. The van der Waals surface area contributed by atoms with Crippen molar-refractivity contribution in [1.29, 1.82) is 0 Å². The summed E-state index contributed by atoms with van der Waals surface area (Å²) in [6.45, 7) is 9.31. The minimum atomic E-state index is -0.727. The fraction of sp³-hybridized carbons (Fsp3) is 0.323. The molecule has 2 heterocycles. The van der Waals surface area contributed by atoms with Gasteiger partial charge in [0, 0.05) is 24.5 Å². The smallest absolute Gasteiger partial charge is 0.295 e. The number of Topliss-reactive ketones (excluding diaryl/α,β-unsaturated/α-hetero) is 1. The Morgan fingerprint density at radius 1 is 1.03 bits per heavy atom. The molecule has 1 aliphatic rings. The van der Waals surface area contributed by atoms with E-state index in [1.807, 2.05) is 30.3 Å². The third kappa shape index (κ3) is 5.74. The minimum absolute atomic E-state index is 0.0446. The Morgan fingerprint density at radius 3 is 2.32 bits per heavy atom. The number of nitrogens with zero attached hydrogens (tertiary/aromatic N) is 2. The van der Waals surface area contributed by atoms with Crippen LogP contribution in [0.25, 0.3) is 5.76 Å². The molecule has 1 unspecified atom stereocenters. The number of hydrogen-bond donors (Lipinski definition) is 1. The number of carbonyl (C=O) groups is 2. The molecule has 192 valence electrons. The summed E-state index contributed by atoms with van der Waals surface area (Å²) < 4.78 is 5.72. The Bertz CT molecular complexity index is 1270. The number of hydrogen-bond acceptors (Lipinski definition) is 5. The van der Waals surface area contributed by atoms with Gasteiger partial charge in [0.15, 0.2) is 0 Å². The first-order valence-electron chi connectivity index (χ1n) is 12.7. The summed E-state index contributed by atoms with van der Waals surface area (Å²) in [6, 6.07) is 17.8. The predicted octanol–water partition coefficient (Wildman–Crippen LogP) is 6.18. The maximum atomic E-state index is 13.3. The van der Waals surface area contributed by atoms with Crippen molar-refractivity contribution >= 4 is 17.4 Å². The van der Waals surface area contributed by atoms with Crippen molar-refractivity contribution in [1.82, 2.24) is 9.88 Å². The van der Waals surface area contributed by atoms with E-state index in [2.05, 4.69) is 32.7 Å². The number of ether oxygens (including phenoxy) is 1. The first kappa shape index (κ1) is 26.1. The van der Waals surface area contributed by atoms with Gasteiger partial charge in [0.25, 0.3) is 11.7 Å². The zero-order chi connectivity index (χ0) is 26.6. The molecule has 3 aromatic rings. The van der Waals surface area contributed by atoms with Crippen molar-refractivity contribution in [3.05, 3.63) is 101 Å². The van der Waals surface area contributed by atoms with E-state index in [1.165, 1.54) is 4.90 Å². The molecule has 6 heteroatoms. The molecule has 1 fully saturated rings. The van der Waals surface area contributed by atoms with Crippen molar-refractivity contribution < 1.29 is 19.4 Å². The lowest BCUT2D eigenvalue weighted by molar-refractivity contribution is -0.140. The van der Waals surface area contributed by atoms with Crippen LogP contribution < -0.4 is 4.74 Å². The van der Waals surface area contributed by atoms with Crippen LogP contribution in [-0.2, 0) is 21.5 Å². The molecule has 1 aliphatic heterocycles. The van der Waals surface area contributed by atoms with Gasteiger partial charge in [-0.15, -0.1) is 0 Å². The summed E-state index contributed by atoms with van der Waals surface area (Å²) in [5, 5.41) is 11.3. The van der Waals surface area contributed by atoms with E-state index in [0.29, 0.717) is 17.9 Å². The van der Waals surface area contributed by atoms with Gasteiger partial charge in [-0.2, -0.15) is 0 Å². The normalized spacial score (nSPS) is 17.3. The lowest BCUT2D eigenvalue weighted by atomic mass is 9.85. The molecule has 1 saturated heterocycles. The Labute approximate surface area is 218 Å².